The summed E-state index contributed by atoms with van der Waals surface area (Å²) in [4.78, 5) is 26.1. The van der Waals surface area contributed by atoms with Crippen molar-refractivity contribution in [2.75, 3.05) is 18.4 Å². The molecule has 0 aliphatic carbocycles. The fourth-order valence-corrected chi connectivity index (χ4v) is 2.97. The monoisotopic (exact) mass is 340 g/mol. The van der Waals surface area contributed by atoms with E-state index in [1.54, 1.807) is 24.3 Å². The zero-order valence-corrected chi connectivity index (χ0v) is 14.0. The van der Waals surface area contributed by atoms with E-state index in [4.69, 9.17) is 0 Å². The largest absolute Gasteiger partial charge is 0.343 e. The quantitative estimate of drug-likeness (QED) is 0.903. The molecule has 0 bridgehead atoms. The normalized spacial score (nSPS) is 13.7. The summed E-state index contributed by atoms with van der Waals surface area (Å²) in [6.45, 7) is 1.75. The topological polar surface area (TPSA) is 49.4 Å². The molecule has 0 saturated carbocycles. The van der Waals surface area contributed by atoms with Crippen molar-refractivity contribution in [2.45, 2.75) is 25.7 Å². The van der Waals surface area contributed by atoms with Gasteiger partial charge in [0.2, 0.25) is 5.91 Å². The molecule has 0 unspecified atom stereocenters. The summed E-state index contributed by atoms with van der Waals surface area (Å²) in [6, 6.07) is 13.2. The Bertz CT molecular complexity index is 753. The van der Waals surface area contributed by atoms with Crippen LogP contribution in [-0.4, -0.2) is 29.8 Å². The highest BCUT2D eigenvalue weighted by molar-refractivity contribution is 6.04. The van der Waals surface area contributed by atoms with Gasteiger partial charge in [0, 0.05) is 25.2 Å². The van der Waals surface area contributed by atoms with Gasteiger partial charge in [-0.15, -0.1) is 0 Å². The number of amides is 2. The minimum atomic E-state index is -0.544. The number of likely N-dealkylation sites (tertiary alicyclic amines) is 1. The Labute approximate surface area is 146 Å². The molecule has 0 aromatic heterocycles. The molecule has 5 heteroatoms. The lowest BCUT2D eigenvalue weighted by Gasteiger charge is -2.15. The molecule has 25 heavy (non-hydrogen) atoms. The van der Waals surface area contributed by atoms with Crippen LogP contribution >= 0.6 is 0 Å². The smallest absolute Gasteiger partial charge is 0.258 e. The van der Waals surface area contributed by atoms with E-state index in [2.05, 4.69) is 5.32 Å². The number of hydrogen-bond donors (Lipinski definition) is 1. The Morgan fingerprint density at radius 1 is 1.00 bits per heavy atom. The number of benzene rings is 2. The molecule has 2 aromatic carbocycles. The minimum absolute atomic E-state index is 0.0165. The van der Waals surface area contributed by atoms with Crippen LogP contribution < -0.4 is 5.32 Å². The van der Waals surface area contributed by atoms with Crippen molar-refractivity contribution in [2.24, 2.45) is 0 Å². The molecule has 3 rings (SSSR count). The number of hydrogen-bond acceptors (Lipinski definition) is 2. The van der Waals surface area contributed by atoms with Crippen molar-refractivity contribution in [1.82, 2.24) is 4.90 Å². The molecule has 2 aromatic rings. The Morgan fingerprint density at radius 3 is 2.36 bits per heavy atom. The summed E-state index contributed by atoms with van der Waals surface area (Å²) < 4.78 is 13.6. The number of anilines is 1. The van der Waals surface area contributed by atoms with Crippen molar-refractivity contribution in [3.63, 3.8) is 0 Å². The standard InChI is InChI=1S/C20H21FN2O2/c21-18-6-2-1-5-17(18)20(25)22-16-10-7-15(8-11-16)9-12-19(24)23-13-3-4-14-23/h1-2,5-8,10-11H,3-4,9,12-14H2,(H,22,25). The third kappa shape index (κ3) is 4.44. The molecular weight excluding hydrogens is 319 g/mol. The number of carbonyl (C=O) groups is 2. The average Bonchev–Trinajstić information content (AvgIpc) is 3.16. The minimum Gasteiger partial charge on any atom is -0.343 e. The lowest BCUT2D eigenvalue weighted by molar-refractivity contribution is -0.130. The van der Waals surface area contributed by atoms with Gasteiger partial charge in [0.05, 0.1) is 5.56 Å². The van der Waals surface area contributed by atoms with E-state index in [1.807, 2.05) is 17.0 Å². The summed E-state index contributed by atoms with van der Waals surface area (Å²) >= 11 is 0. The molecule has 1 N–H and O–H groups in total. The molecule has 1 saturated heterocycles. The third-order valence-corrected chi connectivity index (χ3v) is 4.42. The molecule has 0 atom stereocenters. The SMILES string of the molecule is O=C(Nc1ccc(CCC(=O)N2CCCC2)cc1)c1ccccc1F. The van der Waals surface area contributed by atoms with E-state index in [-0.39, 0.29) is 11.5 Å². The molecule has 1 heterocycles. The van der Waals surface area contributed by atoms with Crippen LogP contribution in [0.3, 0.4) is 0 Å². The first-order valence-electron chi connectivity index (χ1n) is 8.56. The van der Waals surface area contributed by atoms with E-state index >= 15 is 0 Å². The molecule has 1 fully saturated rings. The summed E-state index contributed by atoms with van der Waals surface area (Å²) in [7, 11) is 0. The summed E-state index contributed by atoms with van der Waals surface area (Å²) in [5.74, 6) is -0.818. The number of nitrogens with zero attached hydrogens (tertiary/aromatic N) is 1. The lowest BCUT2D eigenvalue weighted by Crippen LogP contribution is -2.27. The van der Waals surface area contributed by atoms with Gasteiger partial charge in [-0.2, -0.15) is 0 Å². The van der Waals surface area contributed by atoms with Crippen LogP contribution in [0.15, 0.2) is 48.5 Å². The second-order valence-corrected chi connectivity index (χ2v) is 6.22. The fraction of sp³-hybridized carbons (Fsp3) is 0.300. The van der Waals surface area contributed by atoms with E-state index < -0.39 is 11.7 Å². The first-order chi connectivity index (χ1) is 12.1. The Balaban J connectivity index is 1.54. The van der Waals surface area contributed by atoms with Crippen molar-refractivity contribution in [1.29, 1.82) is 0 Å². The molecule has 2 amide bonds. The Morgan fingerprint density at radius 2 is 1.68 bits per heavy atom. The van der Waals surface area contributed by atoms with Gasteiger partial charge in [-0.25, -0.2) is 4.39 Å². The van der Waals surface area contributed by atoms with Crippen molar-refractivity contribution < 1.29 is 14.0 Å². The van der Waals surface area contributed by atoms with Crippen LogP contribution in [0.2, 0.25) is 0 Å². The number of rotatable bonds is 5. The van der Waals surface area contributed by atoms with Crippen molar-refractivity contribution in [3.8, 4) is 0 Å². The second kappa shape index (κ2) is 7.92. The fourth-order valence-electron chi connectivity index (χ4n) is 2.97. The first-order valence-corrected chi connectivity index (χ1v) is 8.56. The lowest BCUT2D eigenvalue weighted by atomic mass is 10.1. The van der Waals surface area contributed by atoms with Gasteiger partial charge in [0.1, 0.15) is 5.82 Å². The predicted octanol–water partition coefficient (Wildman–Crippen LogP) is 3.63. The maximum Gasteiger partial charge on any atom is 0.258 e. The molecular formula is C20H21FN2O2. The van der Waals surface area contributed by atoms with Crippen molar-refractivity contribution in [3.05, 3.63) is 65.5 Å². The molecule has 0 spiro atoms. The van der Waals surface area contributed by atoms with Crippen LogP contribution in [-0.2, 0) is 11.2 Å². The highest BCUT2D eigenvalue weighted by Crippen LogP contribution is 2.15. The molecule has 1 aliphatic heterocycles. The van der Waals surface area contributed by atoms with Crippen LogP contribution in [0.25, 0.3) is 0 Å². The van der Waals surface area contributed by atoms with Gasteiger partial charge in [-0.05, 0) is 49.1 Å². The number of carbonyl (C=O) groups excluding carboxylic acids is 2. The molecule has 1 aliphatic rings. The number of nitrogens with one attached hydrogen (secondary N) is 1. The third-order valence-electron chi connectivity index (χ3n) is 4.42. The maximum atomic E-state index is 13.6. The Kier molecular flexibility index (Phi) is 5.43. The summed E-state index contributed by atoms with van der Waals surface area (Å²) in [6.07, 6.45) is 3.38. The van der Waals surface area contributed by atoms with E-state index in [9.17, 15) is 14.0 Å². The predicted molar refractivity (Wildman–Crippen MR) is 94.9 cm³/mol. The zero-order valence-electron chi connectivity index (χ0n) is 14.0. The van der Waals surface area contributed by atoms with Crippen LogP contribution in [0.1, 0.15) is 35.2 Å². The van der Waals surface area contributed by atoms with Gasteiger partial charge in [-0.1, -0.05) is 24.3 Å². The number of halogens is 1. The van der Waals surface area contributed by atoms with Crippen molar-refractivity contribution >= 4 is 17.5 Å². The van der Waals surface area contributed by atoms with Crippen LogP contribution in [0, 0.1) is 5.82 Å². The van der Waals surface area contributed by atoms with Gasteiger partial charge >= 0.3 is 0 Å². The average molecular weight is 340 g/mol. The highest BCUT2D eigenvalue weighted by Gasteiger charge is 2.17. The van der Waals surface area contributed by atoms with Crippen LogP contribution in [0.4, 0.5) is 10.1 Å². The maximum absolute atomic E-state index is 13.6. The van der Waals surface area contributed by atoms with E-state index in [0.717, 1.165) is 31.5 Å². The molecule has 0 radical (unpaired) electrons. The summed E-state index contributed by atoms with van der Waals surface area (Å²) in [5, 5.41) is 2.68. The van der Waals surface area contributed by atoms with E-state index in [0.29, 0.717) is 18.5 Å². The summed E-state index contributed by atoms with van der Waals surface area (Å²) in [5.41, 5.74) is 1.65. The second-order valence-electron chi connectivity index (χ2n) is 6.22. The van der Waals surface area contributed by atoms with E-state index in [1.165, 1.54) is 12.1 Å². The van der Waals surface area contributed by atoms with Gasteiger partial charge < -0.3 is 10.2 Å². The zero-order chi connectivity index (χ0) is 17.6. The van der Waals surface area contributed by atoms with Gasteiger partial charge in [0.25, 0.3) is 5.91 Å². The van der Waals surface area contributed by atoms with Gasteiger partial charge in [0.15, 0.2) is 0 Å². The highest BCUT2D eigenvalue weighted by atomic mass is 19.1. The molecule has 4 nitrogen and oxygen atoms in total. The first kappa shape index (κ1) is 17.1. The van der Waals surface area contributed by atoms with Gasteiger partial charge in [-0.3, -0.25) is 9.59 Å². The Hall–Kier alpha value is -2.69. The molecule has 130 valence electrons. The number of aryl methyl sites for hydroxylation is 1. The van der Waals surface area contributed by atoms with Crippen LogP contribution in [0.5, 0.6) is 0 Å².